The summed E-state index contributed by atoms with van der Waals surface area (Å²) < 4.78 is 0. The number of nitrogens with zero attached hydrogens (tertiary/aromatic N) is 1. The van der Waals surface area contributed by atoms with Gasteiger partial charge in [-0.1, -0.05) is 54.6 Å². The fourth-order valence-electron chi connectivity index (χ4n) is 3.78. The lowest BCUT2D eigenvalue weighted by Crippen LogP contribution is -3.00. The number of nitrogens with two attached hydrogens (primary N) is 2. The number of carbonyl (C=O) groups excluding carboxylic acids is 1. The van der Waals surface area contributed by atoms with Gasteiger partial charge < -0.3 is 28.4 Å². The van der Waals surface area contributed by atoms with Gasteiger partial charge in [-0.15, -0.1) is 0 Å². The van der Waals surface area contributed by atoms with Crippen molar-refractivity contribution >= 4 is 34.9 Å². The summed E-state index contributed by atoms with van der Waals surface area (Å²) in [4.78, 5) is 16.7. The van der Waals surface area contributed by atoms with Gasteiger partial charge in [0, 0.05) is 19.4 Å². The van der Waals surface area contributed by atoms with Crippen LogP contribution in [0.25, 0.3) is 0 Å². The first-order valence-electron chi connectivity index (χ1n) is 10.2. The number of guanidine groups is 1. The Hall–Kier alpha value is -2.49. The fourth-order valence-corrected chi connectivity index (χ4v) is 8.08. The van der Waals surface area contributed by atoms with E-state index in [1.807, 2.05) is 18.2 Å². The number of halogens is 1. The van der Waals surface area contributed by atoms with Crippen LogP contribution in [0.1, 0.15) is 19.3 Å². The van der Waals surface area contributed by atoms with E-state index in [9.17, 15) is 4.79 Å². The molecule has 0 unspecified atom stereocenters. The number of carbonyl (C=O) groups is 1. The molecule has 0 fully saturated rings. The van der Waals surface area contributed by atoms with Crippen molar-refractivity contribution in [3.05, 3.63) is 91.0 Å². The second-order valence-electron chi connectivity index (χ2n) is 7.24. The van der Waals surface area contributed by atoms with Crippen LogP contribution in [-0.4, -0.2) is 24.4 Å². The van der Waals surface area contributed by atoms with Gasteiger partial charge in [0.15, 0.2) is 5.96 Å². The van der Waals surface area contributed by atoms with Crippen LogP contribution >= 0.6 is 7.26 Å². The SMILES string of the molecule is NC(N)=NCCCC(=O)CC[P+](c1ccccc1)(c1ccccc1)c1ccccc1.[Br-]. The van der Waals surface area contributed by atoms with E-state index in [0.29, 0.717) is 25.8 Å². The van der Waals surface area contributed by atoms with Gasteiger partial charge in [0.25, 0.3) is 0 Å². The van der Waals surface area contributed by atoms with Crippen LogP contribution in [-0.2, 0) is 4.79 Å². The summed E-state index contributed by atoms with van der Waals surface area (Å²) in [6, 6.07) is 31.9. The van der Waals surface area contributed by atoms with Gasteiger partial charge in [-0.3, -0.25) is 9.79 Å². The Bertz CT molecular complexity index is 865. The molecule has 0 aliphatic heterocycles. The maximum Gasteiger partial charge on any atom is 0.185 e. The molecule has 31 heavy (non-hydrogen) atoms. The van der Waals surface area contributed by atoms with Crippen molar-refractivity contribution in [1.29, 1.82) is 0 Å². The van der Waals surface area contributed by atoms with Crippen molar-refractivity contribution in [2.45, 2.75) is 19.3 Å². The summed E-state index contributed by atoms with van der Waals surface area (Å²) in [6.45, 7) is 0.490. The molecule has 3 aromatic rings. The average molecular weight is 498 g/mol. The van der Waals surface area contributed by atoms with E-state index < -0.39 is 7.26 Å². The number of Topliss-reactive ketones (excluding diaryl/α,β-unsaturated/α-hetero) is 1. The molecule has 3 aromatic carbocycles. The van der Waals surface area contributed by atoms with Crippen molar-refractivity contribution in [3.63, 3.8) is 0 Å². The molecule has 162 valence electrons. The minimum absolute atomic E-state index is 0. The van der Waals surface area contributed by atoms with Crippen LogP contribution in [0.3, 0.4) is 0 Å². The van der Waals surface area contributed by atoms with Crippen molar-refractivity contribution in [2.75, 3.05) is 12.7 Å². The molecule has 0 aliphatic carbocycles. The summed E-state index contributed by atoms with van der Waals surface area (Å²) in [7, 11) is -1.95. The van der Waals surface area contributed by atoms with Gasteiger partial charge in [-0.25, -0.2) is 0 Å². The molecule has 0 aromatic heterocycles. The minimum atomic E-state index is -1.95. The largest absolute Gasteiger partial charge is 1.00 e. The van der Waals surface area contributed by atoms with E-state index in [4.69, 9.17) is 11.5 Å². The molecule has 3 rings (SSSR count). The van der Waals surface area contributed by atoms with Crippen LogP contribution in [0.5, 0.6) is 0 Å². The molecular formula is C25H29BrN3OP. The van der Waals surface area contributed by atoms with E-state index in [1.165, 1.54) is 15.9 Å². The molecule has 0 saturated carbocycles. The third-order valence-corrected chi connectivity index (χ3v) is 9.66. The second-order valence-corrected chi connectivity index (χ2v) is 10.9. The highest BCUT2D eigenvalue weighted by Gasteiger charge is 2.45. The van der Waals surface area contributed by atoms with Gasteiger partial charge >= 0.3 is 0 Å². The molecule has 0 aliphatic rings. The Kier molecular flexibility index (Phi) is 9.90. The Balaban J connectivity index is 0.00000341. The third kappa shape index (κ3) is 6.49. The highest BCUT2D eigenvalue weighted by molar-refractivity contribution is 7.95. The standard InChI is InChI=1S/C25H29N3OP.BrH/c26-25(27)28-19-10-11-21(29)18-20-30(22-12-4-1-5-13-22,23-14-6-2-7-15-23)24-16-8-3-9-17-24;/h1-9,12-17H,10-11,18-20H2,(H4,26,27,28);1H/q+1;/p-1. The fraction of sp³-hybridized carbons (Fsp3) is 0.200. The molecule has 4 nitrogen and oxygen atoms in total. The molecule has 6 heteroatoms. The van der Waals surface area contributed by atoms with Crippen LogP contribution in [0, 0.1) is 0 Å². The van der Waals surface area contributed by atoms with Crippen molar-refractivity contribution in [3.8, 4) is 0 Å². The number of hydrogen-bond donors (Lipinski definition) is 2. The third-order valence-electron chi connectivity index (χ3n) is 5.23. The van der Waals surface area contributed by atoms with Crippen LogP contribution in [0.4, 0.5) is 0 Å². The molecule has 4 N–H and O–H groups in total. The second kappa shape index (κ2) is 12.4. The highest BCUT2D eigenvalue weighted by Crippen LogP contribution is 2.55. The van der Waals surface area contributed by atoms with E-state index in [1.54, 1.807) is 0 Å². The number of ketones is 1. The normalized spacial score (nSPS) is 10.7. The summed E-state index contributed by atoms with van der Waals surface area (Å²) in [5.74, 6) is 0.331. The Labute approximate surface area is 195 Å². The highest BCUT2D eigenvalue weighted by atomic mass is 79.9. The van der Waals surface area contributed by atoms with Crippen molar-refractivity contribution in [1.82, 2.24) is 0 Å². The number of aliphatic imine (C=N–C) groups is 1. The quantitative estimate of drug-likeness (QED) is 0.179. The predicted molar refractivity (Wildman–Crippen MR) is 130 cm³/mol. The first-order chi connectivity index (χ1) is 14.6. The van der Waals surface area contributed by atoms with Crippen molar-refractivity contribution in [2.24, 2.45) is 16.5 Å². The lowest BCUT2D eigenvalue weighted by Gasteiger charge is -2.27. The molecule has 0 atom stereocenters. The topological polar surface area (TPSA) is 81.5 Å². The molecule has 0 bridgehead atoms. The number of benzene rings is 3. The summed E-state index contributed by atoms with van der Waals surface area (Å²) in [6.07, 6.45) is 2.51. The zero-order chi connectivity index (χ0) is 21.2. The monoisotopic (exact) mass is 497 g/mol. The first-order valence-corrected chi connectivity index (χ1v) is 12.2. The molecule has 0 spiro atoms. The Morgan fingerprint density at radius 3 is 1.52 bits per heavy atom. The molecule has 0 heterocycles. The van der Waals surface area contributed by atoms with Crippen LogP contribution in [0.15, 0.2) is 96.0 Å². The molecular weight excluding hydrogens is 469 g/mol. The summed E-state index contributed by atoms with van der Waals surface area (Å²) in [5.41, 5.74) is 10.7. The molecule has 0 amide bonds. The lowest BCUT2D eigenvalue weighted by atomic mass is 10.2. The number of rotatable bonds is 10. The predicted octanol–water partition coefficient (Wildman–Crippen LogP) is -0.00270. The van der Waals surface area contributed by atoms with Crippen LogP contribution in [0.2, 0.25) is 0 Å². The van der Waals surface area contributed by atoms with E-state index in [-0.39, 0.29) is 28.7 Å². The van der Waals surface area contributed by atoms with E-state index in [2.05, 4.69) is 77.8 Å². The Morgan fingerprint density at radius 1 is 0.710 bits per heavy atom. The zero-order valence-corrected chi connectivity index (χ0v) is 20.0. The smallest absolute Gasteiger partial charge is 0.185 e. The molecule has 0 radical (unpaired) electrons. The van der Waals surface area contributed by atoms with Gasteiger partial charge in [0.2, 0.25) is 0 Å². The first kappa shape index (κ1) is 24.8. The van der Waals surface area contributed by atoms with Gasteiger partial charge in [-0.05, 0) is 42.8 Å². The van der Waals surface area contributed by atoms with E-state index >= 15 is 0 Å². The minimum Gasteiger partial charge on any atom is -1.00 e. The van der Waals surface area contributed by atoms with E-state index in [0.717, 1.165) is 6.16 Å². The lowest BCUT2D eigenvalue weighted by molar-refractivity contribution is -0.118. The maximum absolute atomic E-state index is 12.7. The Morgan fingerprint density at radius 2 is 1.13 bits per heavy atom. The average Bonchev–Trinajstić information content (AvgIpc) is 2.79. The van der Waals surface area contributed by atoms with Gasteiger partial charge in [-0.2, -0.15) is 0 Å². The summed E-state index contributed by atoms with van der Waals surface area (Å²) >= 11 is 0. The van der Waals surface area contributed by atoms with Gasteiger partial charge in [0.05, 0.1) is 6.16 Å². The number of hydrogen-bond acceptors (Lipinski definition) is 2. The maximum atomic E-state index is 12.7. The van der Waals surface area contributed by atoms with Gasteiger partial charge in [0.1, 0.15) is 29.0 Å². The van der Waals surface area contributed by atoms with Crippen LogP contribution < -0.4 is 44.4 Å². The molecule has 0 saturated heterocycles. The summed E-state index contributed by atoms with van der Waals surface area (Å²) in [5, 5.41) is 3.90. The van der Waals surface area contributed by atoms with Crippen molar-refractivity contribution < 1.29 is 21.8 Å². The zero-order valence-electron chi connectivity index (χ0n) is 17.5.